The van der Waals surface area contributed by atoms with Crippen molar-refractivity contribution in [2.24, 2.45) is 5.41 Å². The minimum absolute atomic E-state index is 0. The van der Waals surface area contributed by atoms with Crippen LogP contribution in [0.2, 0.25) is 0 Å². The molecule has 1 atom stereocenters. The summed E-state index contributed by atoms with van der Waals surface area (Å²) in [6.45, 7) is 10.7. The van der Waals surface area contributed by atoms with Crippen molar-refractivity contribution >= 4 is 0 Å². The number of rotatable bonds is 4. The molecular formula is C18H25Cl2O2Ti. The van der Waals surface area contributed by atoms with Gasteiger partial charge in [0.05, 0.1) is 6.10 Å². The zero-order valence-electron chi connectivity index (χ0n) is 14.5. The Morgan fingerprint density at radius 3 is 2.30 bits per heavy atom. The van der Waals surface area contributed by atoms with Crippen LogP contribution < -0.4 is 24.8 Å². The van der Waals surface area contributed by atoms with Crippen LogP contribution in [-0.4, -0.2) is 11.9 Å². The van der Waals surface area contributed by atoms with E-state index in [-0.39, 0.29) is 58.1 Å². The molecule has 2 nitrogen and oxygen atoms in total. The molecule has 2 aliphatic rings. The topological polar surface area (TPSA) is 18.5 Å². The van der Waals surface area contributed by atoms with Gasteiger partial charge in [-0.1, -0.05) is 39.0 Å². The van der Waals surface area contributed by atoms with E-state index >= 15 is 0 Å². The van der Waals surface area contributed by atoms with Crippen molar-refractivity contribution in [2.45, 2.75) is 59.4 Å². The maximum Gasteiger partial charge on any atom is 3.00 e. The first kappa shape index (κ1) is 25.3. The molecule has 0 amide bonds. The predicted molar refractivity (Wildman–Crippen MR) is 81.8 cm³/mol. The first-order chi connectivity index (χ1) is 9.33. The van der Waals surface area contributed by atoms with Crippen LogP contribution in [0.5, 0.6) is 0 Å². The number of allylic oxidation sites excluding steroid dienone is 5. The minimum Gasteiger partial charge on any atom is -1.00 e. The zero-order chi connectivity index (χ0) is 14.8. The molecule has 0 aromatic rings. The molecule has 127 valence electrons. The quantitative estimate of drug-likeness (QED) is 0.337. The van der Waals surface area contributed by atoms with Crippen molar-refractivity contribution in [2.75, 3.05) is 0 Å². The van der Waals surface area contributed by atoms with Gasteiger partial charge in [0.2, 0.25) is 5.79 Å². The molecule has 0 saturated carbocycles. The Bertz CT molecular complexity index is 488. The fourth-order valence-electron chi connectivity index (χ4n) is 2.69. The molecule has 0 N–H and O–H groups in total. The molecule has 0 fully saturated rings. The summed E-state index contributed by atoms with van der Waals surface area (Å²) in [7, 11) is 0. The van der Waals surface area contributed by atoms with E-state index in [1.54, 1.807) is 0 Å². The molecule has 2 aliphatic carbocycles. The van der Waals surface area contributed by atoms with Gasteiger partial charge in [0.1, 0.15) is 0 Å². The first-order valence-corrected chi connectivity index (χ1v) is 7.35. The van der Waals surface area contributed by atoms with Gasteiger partial charge in [0, 0.05) is 12.0 Å². The average molecular weight is 392 g/mol. The molecule has 0 aromatic carbocycles. The molecule has 2 rings (SSSR count). The van der Waals surface area contributed by atoms with Crippen molar-refractivity contribution in [1.29, 1.82) is 0 Å². The molecule has 0 aliphatic heterocycles. The van der Waals surface area contributed by atoms with E-state index in [2.05, 4.69) is 51.2 Å². The number of hydrogen-bond donors (Lipinski definition) is 0. The van der Waals surface area contributed by atoms with E-state index in [1.807, 2.05) is 19.9 Å². The molecule has 1 radical (unpaired) electrons. The van der Waals surface area contributed by atoms with Crippen molar-refractivity contribution in [1.82, 2.24) is 0 Å². The second kappa shape index (κ2) is 10.1. The summed E-state index contributed by atoms with van der Waals surface area (Å²) in [6, 6.07) is 0. The summed E-state index contributed by atoms with van der Waals surface area (Å²) in [5.74, 6) is 0.0779. The molecule has 23 heavy (non-hydrogen) atoms. The van der Waals surface area contributed by atoms with E-state index in [0.717, 1.165) is 18.6 Å². The van der Waals surface area contributed by atoms with Crippen LogP contribution in [0.1, 0.15) is 47.5 Å². The fraction of sp³-hybridized carbons (Fsp3) is 0.556. The second-order valence-corrected chi connectivity index (χ2v) is 6.63. The molecule has 0 bridgehead atoms. The maximum atomic E-state index is 6.27. The first-order valence-electron chi connectivity index (χ1n) is 7.35. The molecule has 0 saturated heterocycles. The van der Waals surface area contributed by atoms with Gasteiger partial charge in [-0.15, -0.1) is 6.42 Å². The fourth-order valence-corrected chi connectivity index (χ4v) is 2.69. The van der Waals surface area contributed by atoms with Gasteiger partial charge >= 0.3 is 21.7 Å². The van der Waals surface area contributed by atoms with Gasteiger partial charge in [0.15, 0.2) is 0 Å². The molecule has 0 spiro atoms. The Morgan fingerprint density at radius 2 is 1.83 bits per heavy atom. The van der Waals surface area contributed by atoms with Crippen LogP contribution in [0, 0.1) is 11.5 Å². The van der Waals surface area contributed by atoms with Crippen LogP contribution in [0.15, 0.2) is 41.7 Å². The Kier molecular flexibility index (Phi) is 11.1. The van der Waals surface area contributed by atoms with Crippen molar-refractivity contribution in [3.05, 3.63) is 47.8 Å². The Labute approximate surface area is 168 Å². The SMILES string of the molecule is CC(C)OC1(OC2=[C-]CC=C2)CC=CC=C1C(C)(C)C.[Cl-].[Cl-].[Ti+3]. The number of hydrogen-bond acceptors (Lipinski definition) is 2. The van der Waals surface area contributed by atoms with Gasteiger partial charge in [-0.25, -0.2) is 6.08 Å². The Balaban J connectivity index is 0. The maximum absolute atomic E-state index is 6.27. The summed E-state index contributed by atoms with van der Waals surface area (Å²) >= 11 is 0. The van der Waals surface area contributed by atoms with E-state index in [0.29, 0.717) is 0 Å². The van der Waals surface area contributed by atoms with Crippen LogP contribution in [0.25, 0.3) is 0 Å². The predicted octanol–water partition coefficient (Wildman–Crippen LogP) is -1.29. The van der Waals surface area contributed by atoms with E-state index in [9.17, 15) is 0 Å². The summed E-state index contributed by atoms with van der Waals surface area (Å²) in [5.41, 5.74) is 1.17. The van der Waals surface area contributed by atoms with Crippen molar-refractivity contribution in [3.8, 4) is 0 Å². The minimum atomic E-state index is -0.710. The van der Waals surface area contributed by atoms with E-state index < -0.39 is 5.79 Å². The molecule has 5 heteroatoms. The monoisotopic (exact) mass is 391 g/mol. The molecule has 0 heterocycles. The third-order valence-corrected chi connectivity index (χ3v) is 3.37. The number of halogens is 2. The third kappa shape index (κ3) is 6.44. The van der Waals surface area contributed by atoms with Gasteiger partial charge in [-0.3, -0.25) is 0 Å². The summed E-state index contributed by atoms with van der Waals surface area (Å²) in [6.07, 6.45) is 15.2. The van der Waals surface area contributed by atoms with Crippen molar-refractivity contribution < 1.29 is 56.0 Å². The van der Waals surface area contributed by atoms with Crippen LogP contribution >= 0.6 is 0 Å². The van der Waals surface area contributed by atoms with Gasteiger partial charge in [-0.2, -0.15) is 12.2 Å². The molecule has 0 aromatic heterocycles. The zero-order valence-corrected chi connectivity index (χ0v) is 17.5. The van der Waals surface area contributed by atoms with Crippen molar-refractivity contribution in [3.63, 3.8) is 0 Å². The summed E-state index contributed by atoms with van der Waals surface area (Å²) in [4.78, 5) is 0. The molecule has 1 unspecified atom stereocenters. The van der Waals surface area contributed by atoms with E-state index in [1.165, 1.54) is 5.57 Å². The molecular weight excluding hydrogens is 367 g/mol. The van der Waals surface area contributed by atoms with E-state index in [4.69, 9.17) is 9.47 Å². The van der Waals surface area contributed by atoms with Crippen LogP contribution in [-0.2, 0) is 31.2 Å². The standard InChI is InChI=1S/C18H25O2.2ClH.Ti/c1-14(2)19-18(20-15-10-6-7-11-15)13-9-8-12-16(18)17(3,4)5;;;/h6,8-10,12,14H,7,13H2,1-5H3;2*1H;/q-1;;;+3/p-2. The van der Waals surface area contributed by atoms with Gasteiger partial charge in [0.25, 0.3) is 0 Å². The summed E-state index contributed by atoms with van der Waals surface area (Å²) < 4.78 is 12.5. The smallest absolute Gasteiger partial charge is 1.00 e. The second-order valence-electron chi connectivity index (χ2n) is 6.63. The normalized spacial score (nSPS) is 22.5. The van der Waals surface area contributed by atoms with Gasteiger partial charge < -0.3 is 34.3 Å². The summed E-state index contributed by atoms with van der Waals surface area (Å²) in [5, 5.41) is 0. The Hall–Kier alpha value is 0.0143. The average Bonchev–Trinajstić information content (AvgIpc) is 2.79. The number of ether oxygens (including phenoxy) is 2. The van der Waals surface area contributed by atoms with Crippen LogP contribution in [0.4, 0.5) is 0 Å². The Morgan fingerprint density at radius 1 is 1.17 bits per heavy atom. The largest absolute Gasteiger partial charge is 3.00 e. The van der Waals surface area contributed by atoms with Crippen LogP contribution in [0.3, 0.4) is 0 Å². The van der Waals surface area contributed by atoms with Gasteiger partial charge in [-0.05, 0) is 25.0 Å². The third-order valence-electron chi connectivity index (χ3n) is 3.37.